The molecular weight excluding hydrogens is 186 g/mol. The smallest absolute Gasteiger partial charge is 1.00 e. The Hall–Kier alpha value is 0.900. The van der Waals surface area contributed by atoms with Crippen LogP contribution in [-0.4, -0.2) is 33.4 Å². The van der Waals surface area contributed by atoms with Crippen LogP contribution in [0.25, 0.3) is 0 Å². The van der Waals surface area contributed by atoms with E-state index >= 15 is 0 Å². The third kappa shape index (κ3) is 10.9. The summed E-state index contributed by atoms with van der Waals surface area (Å²) in [7, 11) is 0. The number of aliphatic carboxylic acids is 2. The van der Waals surface area contributed by atoms with Crippen molar-refractivity contribution in [2.45, 2.75) is 18.9 Å². The van der Waals surface area contributed by atoms with Crippen molar-refractivity contribution in [3.63, 3.8) is 0 Å². The van der Waals surface area contributed by atoms with Gasteiger partial charge in [-0.2, -0.15) is 0 Å². The monoisotopic (exact) mass is 196 g/mol. The van der Waals surface area contributed by atoms with E-state index in [0.717, 1.165) is 0 Å². The van der Waals surface area contributed by atoms with Gasteiger partial charge in [0.25, 0.3) is 0 Å². The first-order valence-corrected chi connectivity index (χ1v) is 2.66. The number of carboxylic acid groups (broad SMARTS) is 2. The third-order valence-electron chi connectivity index (χ3n) is 0.917. The van der Waals surface area contributed by atoms with Crippen LogP contribution in [0.5, 0.6) is 0 Å². The molecule has 0 aromatic rings. The quantitative estimate of drug-likeness (QED) is 0.389. The van der Waals surface area contributed by atoms with Crippen LogP contribution >= 0.6 is 0 Å². The molecule has 0 aromatic carbocycles. The number of hydrogen-bond acceptors (Lipinski definition) is 3. The van der Waals surface area contributed by atoms with Crippen molar-refractivity contribution in [1.82, 2.24) is 0 Å². The zero-order chi connectivity index (χ0) is 8.15. The van der Waals surface area contributed by atoms with Crippen LogP contribution in [0.3, 0.4) is 0 Å². The Bertz CT molecular complexity index is 157. The second kappa shape index (κ2) is 9.98. The fourth-order valence-electron chi connectivity index (χ4n) is 0.384. The summed E-state index contributed by atoms with van der Waals surface area (Å²) in [5.74, 6) is -2.50. The molecule has 0 aliphatic heterocycles. The number of carbonyl (C=O) groups is 2. The van der Waals surface area contributed by atoms with Gasteiger partial charge in [-0.15, -0.1) is 0 Å². The summed E-state index contributed by atoms with van der Waals surface area (Å²) in [6, 6.07) is 0. The van der Waals surface area contributed by atoms with Crippen molar-refractivity contribution >= 4 is 11.9 Å². The zero-order valence-electron chi connectivity index (χ0n) is 9.15. The van der Waals surface area contributed by atoms with E-state index in [9.17, 15) is 9.59 Å². The predicted molar refractivity (Wildman–Crippen MR) is 32.7 cm³/mol. The second-order valence-corrected chi connectivity index (χ2v) is 1.79. The van der Waals surface area contributed by atoms with Crippen molar-refractivity contribution in [3.8, 4) is 0 Å². The molecule has 0 fully saturated rings. The Morgan fingerprint density at radius 2 is 1.67 bits per heavy atom. The van der Waals surface area contributed by atoms with Crippen molar-refractivity contribution in [2.24, 2.45) is 0 Å². The maximum Gasteiger partial charge on any atom is 1.00 e. The van der Waals surface area contributed by atoms with Gasteiger partial charge in [-0.25, -0.2) is 4.79 Å². The van der Waals surface area contributed by atoms with E-state index in [1.165, 1.54) is 0 Å². The number of aliphatic hydroxyl groups is 1. The Labute approximate surface area is 117 Å². The minimum absolute atomic E-state index is 0. The summed E-state index contributed by atoms with van der Waals surface area (Å²) in [5, 5.41) is 24.6. The van der Waals surface area contributed by atoms with Crippen LogP contribution in [0, 0.1) is 0 Å². The fraction of sp³-hybridized carbons (Fsp3) is 0.600. The number of hydrogen-bond donors (Lipinski definition) is 3. The molecule has 0 saturated carbocycles. The molecular formula is C5H10Na2O5. The van der Waals surface area contributed by atoms with E-state index in [1.54, 1.807) is 0 Å². The molecule has 0 amide bonds. The van der Waals surface area contributed by atoms with Crippen molar-refractivity contribution in [2.75, 3.05) is 0 Å². The molecule has 0 saturated heterocycles. The summed E-state index contributed by atoms with van der Waals surface area (Å²) in [5.41, 5.74) is 0. The molecule has 0 spiro atoms. The maximum atomic E-state index is 9.87. The molecule has 5 nitrogen and oxygen atoms in total. The summed E-state index contributed by atoms with van der Waals surface area (Å²) < 4.78 is 0. The first-order valence-electron chi connectivity index (χ1n) is 2.66. The van der Waals surface area contributed by atoms with Gasteiger partial charge in [-0.1, -0.05) is 0 Å². The Kier molecular flexibility index (Phi) is 15.5. The van der Waals surface area contributed by atoms with Gasteiger partial charge in [0.2, 0.25) is 0 Å². The normalized spacial score (nSPS) is 10.4. The number of aliphatic hydroxyl groups excluding tert-OH is 1. The summed E-state index contributed by atoms with van der Waals surface area (Å²) in [6.07, 6.45) is -2.13. The molecule has 62 valence electrons. The minimum atomic E-state index is -1.56. The van der Waals surface area contributed by atoms with Crippen LogP contribution in [0.4, 0.5) is 0 Å². The zero-order valence-corrected chi connectivity index (χ0v) is 11.1. The molecule has 0 rings (SSSR count). The van der Waals surface area contributed by atoms with Crippen molar-refractivity contribution in [1.29, 1.82) is 0 Å². The molecule has 1 atom stereocenters. The molecule has 0 aromatic heterocycles. The van der Waals surface area contributed by atoms with Gasteiger partial charge < -0.3 is 18.2 Å². The van der Waals surface area contributed by atoms with Crippen molar-refractivity contribution in [3.05, 3.63) is 0 Å². The van der Waals surface area contributed by atoms with E-state index in [0.29, 0.717) is 0 Å². The topological polar surface area (TPSA) is 94.8 Å². The molecule has 3 N–H and O–H groups in total. The van der Waals surface area contributed by atoms with Crippen LogP contribution in [0.2, 0.25) is 0 Å². The first-order chi connectivity index (χ1) is 4.54. The standard InChI is InChI=1S/C5H8O5.2Na.2H/c6-3(5(9)10)1-2-4(7)8;;;;/h3,6H,1-2H2,(H,7,8)(H,9,10);;;;/q;2*+1;2*-1/t3-;;;;/m1..../s1. The molecule has 0 radical (unpaired) electrons. The summed E-state index contributed by atoms with van der Waals surface area (Å²) in [6.45, 7) is 0. The Morgan fingerprint density at radius 1 is 1.25 bits per heavy atom. The molecule has 0 unspecified atom stereocenters. The SMILES string of the molecule is O=C(O)CC[C@@H](O)C(=O)O.[H-].[H-].[Na+].[Na+]. The van der Waals surface area contributed by atoms with Crippen LogP contribution in [0.15, 0.2) is 0 Å². The first kappa shape index (κ1) is 18.6. The van der Waals surface area contributed by atoms with E-state index in [4.69, 9.17) is 15.3 Å². The van der Waals surface area contributed by atoms with E-state index < -0.39 is 18.0 Å². The molecule has 12 heavy (non-hydrogen) atoms. The van der Waals surface area contributed by atoms with E-state index in [-0.39, 0.29) is 74.8 Å². The van der Waals surface area contributed by atoms with Crippen LogP contribution in [0.1, 0.15) is 15.7 Å². The summed E-state index contributed by atoms with van der Waals surface area (Å²) >= 11 is 0. The predicted octanol–water partition coefficient (Wildman–Crippen LogP) is -6.47. The van der Waals surface area contributed by atoms with Crippen LogP contribution in [-0.2, 0) is 9.59 Å². The van der Waals surface area contributed by atoms with Gasteiger partial charge in [0.1, 0.15) is 0 Å². The molecule has 0 heterocycles. The average molecular weight is 196 g/mol. The van der Waals surface area contributed by atoms with Gasteiger partial charge in [0.05, 0.1) is 0 Å². The Balaban J connectivity index is -0.0000000675. The molecule has 0 aliphatic carbocycles. The summed E-state index contributed by atoms with van der Waals surface area (Å²) in [4.78, 5) is 19.7. The van der Waals surface area contributed by atoms with E-state index in [2.05, 4.69) is 0 Å². The second-order valence-electron chi connectivity index (χ2n) is 1.79. The molecule has 0 bridgehead atoms. The minimum Gasteiger partial charge on any atom is -1.00 e. The van der Waals surface area contributed by atoms with E-state index in [1.807, 2.05) is 0 Å². The molecule has 0 aliphatic rings. The van der Waals surface area contributed by atoms with Crippen molar-refractivity contribution < 1.29 is 86.9 Å². The van der Waals surface area contributed by atoms with Gasteiger partial charge >= 0.3 is 71.1 Å². The molecule has 7 heteroatoms. The third-order valence-corrected chi connectivity index (χ3v) is 0.917. The van der Waals surface area contributed by atoms with Gasteiger partial charge in [-0.05, 0) is 6.42 Å². The number of carboxylic acids is 2. The van der Waals surface area contributed by atoms with Gasteiger partial charge in [0, 0.05) is 6.42 Å². The van der Waals surface area contributed by atoms with Crippen LogP contribution < -0.4 is 59.1 Å². The van der Waals surface area contributed by atoms with Gasteiger partial charge in [-0.3, -0.25) is 4.79 Å². The largest absolute Gasteiger partial charge is 1.00 e. The Morgan fingerprint density at radius 3 is 1.92 bits per heavy atom. The fourth-order valence-corrected chi connectivity index (χ4v) is 0.384. The number of rotatable bonds is 4. The maximum absolute atomic E-state index is 9.87. The average Bonchev–Trinajstić information content (AvgIpc) is 1.82. The van der Waals surface area contributed by atoms with Gasteiger partial charge in [0.15, 0.2) is 6.10 Å².